The fourth-order valence-corrected chi connectivity index (χ4v) is 2.00. The van der Waals surface area contributed by atoms with Crippen LogP contribution in [0.2, 0.25) is 0 Å². The highest BCUT2D eigenvalue weighted by atomic mass is 19.4. The van der Waals surface area contributed by atoms with Crippen LogP contribution in [-0.2, 0) is 6.18 Å². The van der Waals surface area contributed by atoms with Crippen LogP contribution in [0.25, 0.3) is 0 Å². The fraction of sp³-hybridized carbons (Fsp3) is 0.143. The summed E-state index contributed by atoms with van der Waals surface area (Å²) >= 11 is 0. The van der Waals surface area contributed by atoms with Crippen molar-refractivity contribution in [3.05, 3.63) is 70.8 Å². The Labute approximate surface area is 117 Å². The standard InChI is InChI=1S/C14H11F5N2/c15-11-4-2-1-3-9(11)13(21-20)10-7-8(14(17,18)19)5-6-12(10)16/h1-7,13,21H,20H2. The molecule has 2 nitrogen and oxygen atoms in total. The number of rotatable bonds is 3. The zero-order valence-electron chi connectivity index (χ0n) is 10.6. The van der Waals surface area contributed by atoms with Crippen molar-refractivity contribution >= 4 is 0 Å². The lowest BCUT2D eigenvalue weighted by Gasteiger charge is -2.19. The SMILES string of the molecule is NNC(c1ccccc1F)c1cc(C(F)(F)F)ccc1F. The largest absolute Gasteiger partial charge is 0.416 e. The number of hydrogen-bond acceptors (Lipinski definition) is 2. The molecule has 1 unspecified atom stereocenters. The summed E-state index contributed by atoms with van der Waals surface area (Å²) in [7, 11) is 0. The van der Waals surface area contributed by atoms with Gasteiger partial charge in [0, 0.05) is 11.1 Å². The molecule has 0 aromatic heterocycles. The van der Waals surface area contributed by atoms with Gasteiger partial charge in [-0.2, -0.15) is 13.2 Å². The minimum absolute atomic E-state index is 0.0433. The van der Waals surface area contributed by atoms with Gasteiger partial charge in [0.15, 0.2) is 0 Å². The van der Waals surface area contributed by atoms with E-state index in [1.807, 2.05) is 0 Å². The lowest BCUT2D eigenvalue weighted by Crippen LogP contribution is -2.30. The van der Waals surface area contributed by atoms with Crippen molar-refractivity contribution in [1.82, 2.24) is 5.43 Å². The van der Waals surface area contributed by atoms with Crippen LogP contribution in [0.4, 0.5) is 22.0 Å². The Morgan fingerprint density at radius 3 is 2.10 bits per heavy atom. The third-order valence-corrected chi connectivity index (χ3v) is 3.02. The lowest BCUT2D eigenvalue weighted by molar-refractivity contribution is -0.137. The highest BCUT2D eigenvalue weighted by molar-refractivity contribution is 5.36. The average molecular weight is 302 g/mol. The Morgan fingerprint density at radius 2 is 1.52 bits per heavy atom. The second kappa shape index (κ2) is 5.79. The van der Waals surface area contributed by atoms with Gasteiger partial charge in [-0.3, -0.25) is 5.84 Å². The summed E-state index contributed by atoms with van der Waals surface area (Å²) in [6.45, 7) is 0. The molecule has 2 aromatic carbocycles. The van der Waals surface area contributed by atoms with Gasteiger partial charge in [0.1, 0.15) is 11.6 Å². The quantitative estimate of drug-likeness (QED) is 0.517. The number of benzene rings is 2. The number of halogens is 5. The molecular weight excluding hydrogens is 291 g/mol. The van der Waals surface area contributed by atoms with Crippen LogP contribution < -0.4 is 11.3 Å². The van der Waals surface area contributed by atoms with Crippen molar-refractivity contribution in [3.63, 3.8) is 0 Å². The first-order chi connectivity index (χ1) is 9.84. The molecule has 0 saturated carbocycles. The van der Waals surface area contributed by atoms with E-state index in [0.29, 0.717) is 18.2 Å². The van der Waals surface area contributed by atoms with Gasteiger partial charge in [-0.05, 0) is 24.3 Å². The van der Waals surface area contributed by atoms with Gasteiger partial charge in [0.2, 0.25) is 0 Å². The molecule has 7 heteroatoms. The van der Waals surface area contributed by atoms with Crippen LogP contribution in [0.3, 0.4) is 0 Å². The molecule has 0 aliphatic heterocycles. The van der Waals surface area contributed by atoms with Crippen LogP contribution >= 0.6 is 0 Å². The molecule has 0 saturated heterocycles. The Balaban J connectivity index is 2.55. The third kappa shape index (κ3) is 3.20. The van der Waals surface area contributed by atoms with Crippen molar-refractivity contribution in [3.8, 4) is 0 Å². The van der Waals surface area contributed by atoms with Crippen LogP contribution in [0.15, 0.2) is 42.5 Å². The van der Waals surface area contributed by atoms with E-state index in [9.17, 15) is 22.0 Å². The average Bonchev–Trinajstić information content (AvgIpc) is 2.42. The van der Waals surface area contributed by atoms with Crippen molar-refractivity contribution in [1.29, 1.82) is 0 Å². The van der Waals surface area contributed by atoms with Crippen LogP contribution in [-0.4, -0.2) is 0 Å². The van der Waals surface area contributed by atoms with E-state index in [4.69, 9.17) is 5.84 Å². The maximum atomic E-state index is 13.8. The maximum Gasteiger partial charge on any atom is 0.416 e. The predicted octanol–water partition coefficient (Wildman–Crippen LogP) is 3.54. The van der Waals surface area contributed by atoms with Gasteiger partial charge in [-0.25, -0.2) is 14.2 Å². The molecule has 0 bridgehead atoms. The van der Waals surface area contributed by atoms with Gasteiger partial charge in [-0.1, -0.05) is 18.2 Å². The summed E-state index contributed by atoms with van der Waals surface area (Å²) in [5, 5.41) is 0. The number of nitrogens with two attached hydrogens (primary N) is 1. The van der Waals surface area contributed by atoms with E-state index in [1.54, 1.807) is 0 Å². The number of alkyl halides is 3. The number of hydrogen-bond donors (Lipinski definition) is 2. The Kier molecular flexibility index (Phi) is 4.24. The topological polar surface area (TPSA) is 38.0 Å². The van der Waals surface area contributed by atoms with Crippen molar-refractivity contribution in [2.45, 2.75) is 12.2 Å². The predicted molar refractivity (Wildman–Crippen MR) is 67.0 cm³/mol. The van der Waals surface area contributed by atoms with E-state index >= 15 is 0 Å². The summed E-state index contributed by atoms with van der Waals surface area (Å²) < 4.78 is 65.7. The summed E-state index contributed by atoms with van der Waals surface area (Å²) in [6.07, 6.45) is -4.63. The van der Waals surface area contributed by atoms with Gasteiger partial charge >= 0.3 is 6.18 Å². The summed E-state index contributed by atoms with van der Waals surface area (Å²) in [5.41, 5.74) is 0.695. The minimum Gasteiger partial charge on any atom is -0.271 e. The fourth-order valence-electron chi connectivity index (χ4n) is 2.00. The van der Waals surface area contributed by atoms with E-state index in [0.717, 1.165) is 6.07 Å². The first-order valence-electron chi connectivity index (χ1n) is 5.91. The monoisotopic (exact) mass is 302 g/mol. The van der Waals surface area contributed by atoms with Gasteiger partial charge < -0.3 is 0 Å². The normalized spacial score (nSPS) is 13.2. The molecule has 3 N–H and O–H groups in total. The second-order valence-corrected chi connectivity index (χ2v) is 4.36. The van der Waals surface area contributed by atoms with Crippen LogP contribution in [0, 0.1) is 11.6 Å². The summed E-state index contributed by atoms with van der Waals surface area (Å²) in [6, 6.07) is 6.02. The minimum atomic E-state index is -4.63. The molecule has 0 amide bonds. The molecule has 0 heterocycles. The van der Waals surface area contributed by atoms with E-state index in [1.165, 1.54) is 18.2 Å². The highest BCUT2D eigenvalue weighted by Gasteiger charge is 2.32. The molecule has 0 spiro atoms. The van der Waals surface area contributed by atoms with Crippen LogP contribution in [0.1, 0.15) is 22.7 Å². The van der Waals surface area contributed by atoms with Crippen molar-refractivity contribution in [2.75, 3.05) is 0 Å². The van der Waals surface area contributed by atoms with Gasteiger partial charge in [0.05, 0.1) is 11.6 Å². The lowest BCUT2D eigenvalue weighted by atomic mass is 9.96. The molecule has 0 radical (unpaired) electrons. The molecule has 21 heavy (non-hydrogen) atoms. The molecule has 0 aliphatic rings. The van der Waals surface area contributed by atoms with Gasteiger partial charge in [-0.15, -0.1) is 0 Å². The van der Waals surface area contributed by atoms with Crippen molar-refractivity contribution < 1.29 is 22.0 Å². The zero-order valence-corrected chi connectivity index (χ0v) is 10.6. The molecule has 0 fully saturated rings. The first-order valence-corrected chi connectivity index (χ1v) is 5.91. The summed E-state index contributed by atoms with van der Waals surface area (Å²) in [4.78, 5) is 0. The Hall–Kier alpha value is -1.99. The number of nitrogens with one attached hydrogen (secondary N) is 1. The zero-order chi connectivity index (χ0) is 15.6. The molecule has 1 atom stereocenters. The van der Waals surface area contributed by atoms with E-state index < -0.39 is 29.4 Å². The maximum absolute atomic E-state index is 13.8. The van der Waals surface area contributed by atoms with Crippen LogP contribution in [0.5, 0.6) is 0 Å². The molecular formula is C14H11F5N2. The molecule has 2 aromatic rings. The van der Waals surface area contributed by atoms with E-state index in [2.05, 4.69) is 5.43 Å². The first kappa shape index (κ1) is 15.4. The second-order valence-electron chi connectivity index (χ2n) is 4.36. The number of hydrazine groups is 1. The third-order valence-electron chi connectivity index (χ3n) is 3.02. The molecule has 112 valence electrons. The Bertz CT molecular complexity index is 640. The smallest absolute Gasteiger partial charge is 0.271 e. The van der Waals surface area contributed by atoms with Crippen molar-refractivity contribution in [2.24, 2.45) is 5.84 Å². The molecule has 2 rings (SSSR count). The Morgan fingerprint density at radius 1 is 0.905 bits per heavy atom. The molecule has 0 aliphatic carbocycles. The highest BCUT2D eigenvalue weighted by Crippen LogP contribution is 2.33. The van der Waals surface area contributed by atoms with Gasteiger partial charge in [0.25, 0.3) is 0 Å². The summed E-state index contributed by atoms with van der Waals surface area (Å²) in [5.74, 6) is 3.66. The van der Waals surface area contributed by atoms with E-state index in [-0.39, 0.29) is 11.1 Å².